The highest BCUT2D eigenvalue weighted by atomic mass is 15.1. The number of nitrogens with zero attached hydrogens (tertiary/aromatic N) is 4. The summed E-state index contributed by atoms with van der Waals surface area (Å²) in [7, 11) is 0. The molecule has 2 rings (SSSR count). The van der Waals surface area contributed by atoms with E-state index in [4.69, 9.17) is 0 Å². The minimum Gasteiger partial charge on any atom is -0.370 e. The molecule has 0 spiro atoms. The Hall–Kier alpha value is -2.04. The van der Waals surface area contributed by atoms with Crippen LogP contribution in [0.3, 0.4) is 0 Å². The first-order chi connectivity index (χ1) is 9.11. The highest BCUT2D eigenvalue weighted by molar-refractivity contribution is 5.53. The molecule has 2 heterocycles. The summed E-state index contributed by atoms with van der Waals surface area (Å²) in [4.78, 5) is 17.5. The highest BCUT2D eigenvalue weighted by Gasteiger charge is 2.11. The Morgan fingerprint density at radius 1 is 1.00 bits per heavy atom. The normalized spacial score (nSPS) is 10.5. The number of hydrogen-bond donors (Lipinski definition) is 1. The third kappa shape index (κ3) is 3.05. The molecule has 0 aliphatic heterocycles. The molecule has 0 aliphatic rings. The Labute approximate surface area is 113 Å². The summed E-state index contributed by atoms with van der Waals surface area (Å²) in [6, 6.07) is 0. The fraction of sp³-hybridized carbons (Fsp3) is 0.429. The SMILES string of the molecule is CCCNc1nc(-c2ncc(C)cn2)nc(C)c1C. The fourth-order valence-electron chi connectivity index (χ4n) is 1.65. The van der Waals surface area contributed by atoms with Crippen LogP contribution in [0.1, 0.15) is 30.2 Å². The molecule has 1 N–H and O–H groups in total. The summed E-state index contributed by atoms with van der Waals surface area (Å²) in [5.41, 5.74) is 3.05. The van der Waals surface area contributed by atoms with Gasteiger partial charge >= 0.3 is 0 Å². The summed E-state index contributed by atoms with van der Waals surface area (Å²) in [5, 5.41) is 3.32. The quantitative estimate of drug-likeness (QED) is 0.912. The van der Waals surface area contributed by atoms with Crippen LogP contribution in [-0.2, 0) is 0 Å². The maximum atomic E-state index is 4.52. The second-order valence-corrected chi connectivity index (χ2v) is 4.62. The van der Waals surface area contributed by atoms with Crippen molar-refractivity contribution in [1.29, 1.82) is 0 Å². The molecule has 19 heavy (non-hydrogen) atoms. The predicted molar refractivity (Wildman–Crippen MR) is 76.0 cm³/mol. The van der Waals surface area contributed by atoms with E-state index in [2.05, 4.69) is 32.2 Å². The molecular formula is C14H19N5. The zero-order chi connectivity index (χ0) is 13.8. The number of aryl methyl sites for hydroxylation is 2. The van der Waals surface area contributed by atoms with Crippen LogP contribution in [0.4, 0.5) is 5.82 Å². The molecule has 0 atom stereocenters. The van der Waals surface area contributed by atoms with E-state index in [-0.39, 0.29) is 0 Å². The zero-order valence-corrected chi connectivity index (χ0v) is 11.9. The lowest BCUT2D eigenvalue weighted by molar-refractivity contribution is 0.949. The zero-order valence-electron chi connectivity index (χ0n) is 11.9. The predicted octanol–water partition coefficient (Wildman–Crippen LogP) is 2.68. The molecule has 100 valence electrons. The molecule has 0 bridgehead atoms. The van der Waals surface area contributed by atoms with E-state index in [0.717, 1.165) is 35.6 Å². The number of hydrogen-bond acceptors (Lipinski definition) is 5. The summed E-state index contributed by atoms with van der Waals surface area (Å²) >= 11 is 0. The lowest BCUT2D eigenvalue weighted by Gasteiger charge is -2.11. The molecule has 2 aromatic heterocycles. The van der Waals surface area contributed by atoms with Crippen LogP contribution in [0.2, 0.25) is 0 Å². The molecule has 0 fully saturated rings. The highest BCUT2D eigenvalue weighted by Crippen LogP contribution is 2.19. The van der Waals surface area contributed by atoms with Crippen molar-refractivity contribution in [3.63, 3.8) is 0 Å². The number of anilines is 1. The van der Waals surface area contributed by atoms with Gasteiger partial charge in [0.05, 0.1) is 0 Å². The average Bonchev–Trinajstić information content (AvgIpc) is 2.41. The topological polar surface area (TPSA) is 63.6 Å². The largest absolute Gasteiger partial charge is 0.370 e. The first-order valence-corrected chi connectivity index (χ1v) is 6.50. The van der Waals surface area contributed by atoms with Gasteiger partial charge in [-0.05, 0) is 32.8 Å². The van der Waals surface area contributed by atoms with Crippen LogP contribution < -0.4 is 5.32 Å². The van der Waals surface area contributed by atoms with E-state index in [1.165, 1.54) is 0 Å². The van der Waals surface area contributed by atoms with Crippen molar-refractivity contribution >= 4 is 5.82 Å². The fourth-order valence-corrected chi connectivity index (χ4v) is 1.65. The smallest absolute Gasteiger partial charge is 0.199 e. The van der Waals surface area contributed by atoms with Crippen molar-refractivity contribution in [2.75, 3.05) is 11.9 Å². The molecule has 5 nitrogen and oxygen atoms in total. The Balaban J connectivity index is 2.40. The molecule has 0 amide bonds. The number of aromatic nitrogens is 4. The maximum Gasteiger partial charge on any atom is 0.199 e. The van der Waals surface area contributed by atoms with Crippen LogP contribution in [0.25, 0.3) is 11.6 Å². The van der Waals surface area contributed by atoms with Gasteiger partial charge in [-0.25, -0.2) is 19.9 Å². The van der Waals surface area contributed by atoms with Gasteiger partial charge in [0, 0.05) is 30.2 Å². The second kappa shape index (κ2) is 5.73. The van der Waals surface area contributed by atoms with Crippen molar-refractivity contribution in [3.05, 3.63) is 29.2 Å². The van der Waals surface area contributed by atoms with Crippen LogP contribution in [-0.4, -0.2) is 26.5 Å². The van der Waals surface area contributed by atoms with Gasteiger partial charge in [-0.2, -0.15) is 0 Å². The van der Waals surface area contributed by atoms with Gasteiger partial charge in [0.25, 0.3) is 0 Å². The average molecular weight is 257 g/mol. The van der Waals surface area contributed by atoms with Crippen LogP contribution in [0, 0.1) is 20.8 Å². The van der Waals surface area contributed by atoms with E-state index in [9.17, 15) is 0 Å². The second-order valence-electron chi connectivity index (χ2n) is 4.62. The third-order valence-corrected chi connectivity index (χ3v) is 2.91. The number of nitrogens with one attached hydrogen (secondary N) is 1. The molecular weight excluding hydrogens is 238 g/mol. The minimum absolute atomic E-state index is 0.563. The summed E-state index contributed by atoms with van der Waals surface area (Å²) in [5.74, 6) is 2.00. The van der Waals surface area contributed by atoms with Crippen LogP contribution in [0.15, 0.2) is 12.4 Å². The minimum atomic E-state index is 0.563. The molecule has 5 heteroatoms. The van der Waals surface area contributed by atoms with E-state index in [0.29, 0.717) is 11.6 Å². The van der Waals surface area contributed by atoms with Gasteiger partial charge in [0.1, 0.15) is 5.82 Å². The first kappa shape index (κ1) is 13.4. The maximum absolute atomic E-state index is 4.52. The van der Waals surface area contributed by atoms with Crippen LogP contribution in [0.5, 0.6) is 0 Å². The van der Waals surface area contributed by atoms with Gasteiger partial charge in [0.2, 0.25) is 0 Å². The molecule has 0 aliphatic carbocycles. The van der Waals surface area contributed by atoms with Crippen molar-refractivity contribution in [2.24, 2.45) is 0 Å². The van der Waals surface area contributed by atoms with Gasteiger partial charge < -0.3 is 5.32 Å². The summed E-state index contributed by atoms with van der Waals surface area (Å²) in [6.07, 6.45) is 4.61. The first-order valence-electron chi connectivity index (χ1n) is 6.50. The van der Waals surface area contributed by atoms with E-state index < -0.39 is 0 Å². The van der Waals surface area contributed by atoms with E-state index in [1.54, 1.807) is 12.4 Å². The van der Waals surface area contributed by atoms with Crippen molar-refractivity contribution < 1.29 is 0 Å². The molecule has 0 unspecified atom stereocenters. The number of rotatable bonds is 4. The Morgan fingerprint density at radius 2 is 1.68 bits per heavy atom. The van der Waals surface area contributed by atoms with Crippen molar-refractivity contribution in [2.45, 2.75) is 34.1 Å². The Bertz CT molecular complexity index is 563. The third-order valence-electron chi connectivity index (χ3n) is 2.91. The van der Waals surface area contributed by atoms with E-state index in [1.807, 2.05) is 20.8 Å². The van der Waals surface area contributed by atoms with E-state index >= 15 is 0 Å². The lowest BCUT2D eigenvalue weighted by atomic mass is 10.2. The van der Waals surface area contributed by atoms with Crippen molar-refractivity contribution in [1.82, 2.24) is 19.9 Å². The van der Waals surface area contributed by atoms with Gasteiger partial charge in [-0.3, -0.25) is 0 Å². The molecule has 2 aromatic rings. The van der Waals surface area contributed by atoms with Crippen LogP contribution >= 0.6 is 0 Å². The molecule has 0 saturated heterocycles. The van der Waals surface area contributed by atoms with Gasteiger partial charge in [0.15, 0.2) is 11.6 Å². The monoisotopic (exact) mass is 257 g/mol. The Kier molecular flexibility index (Phi) is 4.04. The summed E-state index contributed by atoms with van der Waals surface area (Å²) < 4.78 is 0. The summed E-state index contributed by atoms with van der Waals surface area (Å²) in [6.45, 7) is 8.98. The Morgan fingerprint density at radius 3 is 2.32 bits per heavy atom. The molecule has 0 aromatic carbocycles. The molecule has 0 saturated carbocycles. The van der Waals surface area contributed by atoms with Gasteiger partial charge in [-0.1, -0.05) is 6.92 Å². The standard InChI is InChI=1S/C14H19N5/c1-5-6-15-12-10(3)11(4)18-14(19-12)13-16-7-9(2)8-17-13/h7-8H,5-6H2,1-4H3,(H,15,18,19). The molecule has 0 radical (unpaired) electrons. The lowest BCUT2D eigenvalue weighted by Crippen LogP contribution is -2.08. The van der Waals surface area contributed by atoms with Crippen molar-refractivity contribution in [3.8, 4) is 11.6 Å². The van der Waals surface area contributed by atoms with Gasteiger partial charge in [-0.15, -0.1) is 0 Å².